The van der Waals surface area contributed by atoms with Gasteiger partial charge in [0.2, 0.25) is 5.79 Å². The number of rotatable bonds is 0. The zero-order chi connectivity index (χ0) is 13.5. The summed E-state index contributed by atoms with van der Waals surface area (Å²) in [6, 6.07) is 0. The van der Waals surface area contributed by atoms with Gasteiger partial charge in [-0.15, -0.1) is 0 Å². The molecule has 3 saturated heterocycles. The lowest BCUT2D eigenvalue weighted by molar-refractivity contribution is -0.446. The number of hydrogen-bond donors (Lipinski definition) is 0. The maximum absolute atomic E-state index is 11.7. The molecule has 0 aromatic carbocycles. The third-order valence-electron chi connectivity index (χ3n) is 4.30. The first-order valence-electron chi connectivity index (χ1n) is 7.27. The molecule has 0 saturated carbocycles. The lowest BCUT2D eigenvalue weighted by Gasteiger charge is -2.55. The molecule has 0 radical (unpaired) electrons. The molecule has 2 spiro atoms. The molecule has 3 fully saturated rings. The van der Waals surface area contributed by atoms with E-state index in [1.807, 2.05) is 13.8 Å². The molecule has 0 aromatic heterocycles. The largest absolute Gasteiger partial charge is 0.425 e. The van der Waals surface area contributed by atoms with Gasteiger partial charge in [-0.3, -0.25) is 0 Å². The van der Waals surface area contributed by atoms with Gasteiger partial charge in [-0.25, -0.2) is 4.79 Å². The molecule has 5 heteroatoms. The molecular weight excluding hydrogens is 248 g/mol. The second kappa shape index (κ2) is 4.72. The summed E-state index contributed by atoms with van der Waals surface area (Å²) >= 11 is 0. The lowest BCUT2D eigenvalue weighted by Crippen LogP contribution is -2.68. The third-order valence-corrected chi connectivity index (χ3v) is 4.30. The highest BCUT2D eigenvalue weighted by Gasteiger charge is 2.63. The van der Waals surface area contributed by atoms with E-state index in [9.17, 15) is 4.79 Å². The van der Waals surface area contributed by atoms with Gasteiger partial charge in [-0.2, -0.15) is 0 Å². The fourth-order valence-electron chi connectivity index (χ4n) is 3.45. The lowest BCUT2D eigenvalue weighted by atomic mass is 9.87. The van der Waals surface area contributed by atoms with Crippen LogP contribution in [-0.2, 0) is 23.7 Å². The molecule has 0 amide bonds. The molecule has 3 rings (SSSR count). The van der Waals surface area contributed by atoms with Crippen LogP contribution in [0.4, 0.5) is 0 Å². The van der Waals surface area contributed by atoms with Crippen LogP contribution >= 0.6 is 0 Å². The zero-order valence-corrected chi connectivity index (χ0v) is 11.6. The van der Waals surface area contributed by atoms with Gasteiger partial charge in [0.15, 0.2) is 0 Å². The highest BCUT2D eigenvalue weighted by atomic mass is 16.8. The van der Waals surface area contributed by atoms with Crippen molar-refractivity contribution >= 4 is 5.97 Å². The molecule has 3 heterocycles. The van der Waals surface area contributed by atoms with Crippen molar-refractivity contribution in [2.45, 2.75) is 76.2 Å². The average molecular weight is 270 g/mol. The average Bonchev–Trinajstić information content (AvgIpc) is 2.35. The summed E-state index contributed by atoms with van der Waals surface area (Å²) in [7, 11) is 0. The Morgan fingerprint density at radius 3 is 2.21 bits per heavy atom. The van der Waals surface area contributed by atoms with Crippen LogP contribution < -0.4 is 0 Å². The standard InChI is InChI=1S/C14H22O5/c1-10-5-3-7-13(17-10)14(19-12(15)9-16-13)8-4-6-11(2)18-14/h10-11H,3-9H2,1-2H3/t10-,11-,13-,14+/m0/s1. The molecule has 108 valence electrons. The Morgan fingerprint density at radius 1 is 1.00 bits per heavy atom. The number of ether oxygens (including phenoxy) is 4. The van der Waals surface area contributed by atoms with Crippen LogP contribution in [0, 0.1) is 0 Å². The number of carbonyl (C=O) groups is 1. The molecule has 3 aliphatic rings. The molecular formula is C14H22O5. The van der Waals surface area contributed by atoms with Crippen LogP contribution in [0.3, 0.4) is 0 Å². The summed E-state index contributed by atoms with van der Waals surface area (Å²) in [5, 5.41) is 0. The minimum absolute atomic E-state index is 0.0494. The minimum Gasteiger partial charge on any atom is -0.425 e. The van der Waals surface area contributed by atoms with Crippen molar-refractivity contribution in [1.82, 2.24) is 0 Å². The number of hydrogen-bond acceptors (Lipinski definition) is 5. The molecule has 0 unspecified atom stereocenters. The topological polar surface area (TPSA) is 54.0 Å². The number of fused-ring (bicyclic) bond motifs is 1. The Kier molecular flexibility index (Phi) is 3.31. The molecule has 4 atom stereocenters. The van der Waals surface area contributed by atoms with Gasteiger partial charge in [-0.1, -0.05) is 0 Å². The van der Waals surface area contributed by atoms with Crippen molar-refractivity contribution in [2.75, 3.05) is 6.61 Å². The van der Waals surface area contributed by atoms with Gasteiger partial charge in [-0.05, 0) is 39.5 Å². The minimum atomic E-state index is -1.05. The molecule has 0 aliphatic carbocycles. The Hall–Kier alpha value is -0.650. The summed E-state index contributed by atoms with van der Waals surface area (Å²) in [6.07, 6.45) is 5.46. The summed E-state index contributed by atoms with van der Waals surface area (Å²) < 4.78 is 23.5. The van der Waals surface area contributed by atoms with Crippen molar-refractivity contribution in [2.24, 2.45) is 0 Å². The van der Waals surface area contributed by atoms with Crippen LogP contribution in [0.25, 0.3) is 0 Å². The molecule has 0 bridgehead atoms. The van der Waals surface area contributed by atoms with E-state index in [-0.39, 0.29) is 24.8 Å². The summed E-state index contributed by atoms with van der Waals surface area (Å²) in [5.41, 5.74) is 0. The van der Waals surface area contributed by atoms with E-state index in [0.717, 1.165) is 32.1 Å². The SMILES string of the molecule is C[C@H]1CCC[C@]2(OCC(=O)O[C@]23CCC[C@H](C)O3)O1. The Balaban J connectivity index is 1.93. The second-order valence-corrected chi connectivity index (χ2v) is 5.91. The van der Waals surface area contributed by atoms with Gasteiger partial charge in [0.1, 0.15) is 6.61 Å². The van der Waals surface area contributed by atoms with Crippen LogP contribution in [0.2, 0.25) is 0 Å². The van der Waals surface area contributed by atoms with Crippen molar-refractivity contribution in [3.63, 3.8) is 0 Å². The van der Waals surface area contributed by atoms with Crippen LogP contribution in [0.15, 0.2) is 0 Å². The van der Waals surface area contributed by atoms with E-state index in [1.165, 1.54) is 0 Å². The smallest absolute Gasteiger partial charge is 0.334 e. The predicted octanol–water partition coefficient (Wildman–Crippen LogP) is 2.13. The maximum atomic E-state index is 11.7. The molecule has 5 nitrogen and oxygen atoms in total. The second-order valence-electron chi connectivity index (χ2n) is 5.91. The quantitative estimate of drug-likeness (QED) is 0.631. The van der Waals surface area contributed by atoms with E-state index in [1.54, 1.807) is 0 Å². The van der Waals surface area contributed by atoms with Crippen molar-refractivity contribution in [3.05, 3.63) is 0 Å². The molecule has 0 N–H and O–H groups in total. The van der Waals surface area contributed by atoms with Crippen molar-refractivity contribution in [3.8, 4) is 0 Å². The Labute approximate surface area is 113 Å². The van der Waals surface area contributed by atoms with Crippen LogP contribution in [0.5, 0.6) is 0 Å². The van der Waals surface area contributed by atoms with Gasteiger partial charge < -0.3 is 18.9 Å². The van der Waals surface area contributed by atoms with Crippen molar-refractivity contribution < 1.29 is 23.7 Å². The maximum Gasteiger partial charge on any atom is 0.334 e. The van der Waals surface area contributed by atoms with Crippen molar-refractivity contribution in [1.29, 1.82) is 0 Å². The summed E-state index contributed by atoms with van der Waals surface area (Å²) in [4.78, 5) is 11.7. The van der Waals surface area contributed by atoms with Crippen LogP contribution in [-0.4, -0.2) is 36.4 Å². The third kappa shape index (κ3) is 2.18. The summed E-state index contributed by atoms with van der Waals surface area (Å²) in [5.74, 6) is -2.32. The number of carbonyl (C=O) groups excluding carboxylic acids is 1. The van der Waals surface area contributed by atoms with E-state index < -0.39 is 11.6 Å². The first kappa shape index (κ1) is 13.3. The predicted molar refractivity (Wildman–Crippen MR) is 66.3 cm³/mol. The molecule has 3 aliphatic heterocycles. The van der Waals surface area contributed by atoms with E-state index in [0.29, 0.717) is 6.42 Å². The number of esters is 1. The fraction of sp³-hybridized carbons (Fsp3) is 0.929. The van der Waals surface area contributed by atoms with E-state index in [4.69, 9.17) is 18.9 Å². The zero-order valence-electron chi connectivity index (χ0n) is 11.6. The van der Waals surface area contributed by atoms with Gasteiger partial charge in [0.25, 0.3) is 5.79 Å². The molecule has 0 aromatic rings. The Morgan fingerprint density at radius 2 is 1.58 bits per heavy atom. The van der Waals surface area contributed by atoms with E-state index in [2.05, 4.69) is 0 Å². The van der Waals surface area contributed by atoms with Gasteiger partial charge in [0, 0.05) is 12.8 Å². The van der Waals surface area contributed by atoms with E-state index >= 15 is 0 Å². The monoisotopic (exact) mass is 270 g/mol. The highest BCUT2D eigenvalue weighted by Crippen LogP contribution is 2.48. The first-order valence-corrected chi connectivity index (χ1v) is 7.27. The van der Waals surface area contributed by atoms with Gasteiger partial charge >= 0.3 is 5.97 Å². The summed E-state index contributed by atoms with van der Waals surface area (Å²) in [6.45, 7) is 3.98. The normalized spacial score (nSPS) is 47.4. The fourth-order valence-corrected chi connectivity index (χ4v) is 3.45. The first-order chi connectivity index (χ1) is 9.05. The Bertz CT molecular complexity index is 371. The molecule has 19 heavy (non-hydrogen) atoms. The van der Waals surface area contributed by atoms with Crippen LogP contribution in [0.1, 0.15) is 52.4 Å². The van der Waals surface area contributed by atoms with Gasteiger partial charge in [0.05, 0.1) is 12.2 Å². The highest BCUT2D eigenvalue weighted by molar-refractivity contribution is 5.72.